The van der Waals surface area contributed by atoms with Crippen LogP contribution in [0.2, 0.25) is 0 Å². The summed E-state index contributed by atoms with van der Waals surface area (Å²) in [6.45, 7) is 0. The van der Waals surface area contributed by atoms with Gasteiger partial charge in [-0.3, -0.25) is 0 Å². The zero-order valence-electron chi connectivity index (χ0n) is 18.1. The molecule has 0 amide bonds. The van der Waals surface area contributed by atoms with E-state index < -0.39 is 15.8 Å². The Labute approximate surface area is 197 Å². The summed E-state index contributed by atoms with van der Waals surface area (Å²) in [7, 11) is -1.76. The summed E-state index contributed by atoms with van der Waals surface area (Å²) >= 11 is 0. The minimum absolute atomic E-state index is 0.191. The monoisotopic (exact) mass is 464 g/mol. The summed E-state index contributed by atoms with van der Waals surface area (Å²) in [6.07, 6.45) is 0. The molecule has 0 fully saturated rings. The van der Waals surface area contributed by atoms with E-state index in [1.807, 2.05) is 18.2 Å². The van der Waals surface area contributed by atoms with Crippen LogP contribution in [0.3, 0.4) is 0 Å². The van der Waals surface area contributed by atoms with E-state index in [1.54, 1.807) is 12.1 Å². The maximum absolute atomic E-state index is 14.8. The first-order valence-electron chi connectivity index (χ1n) is 10.9. The Bertz CT molecular complexity index is 1230. The molecule has 0 saturated carbocycles. The molecule has 5 rings (SSSR count). The third kappa shape index (κ3) is 4.81. The highest BCUT2D eigenvalue weighted by atomic mass is 31.1. The Morgan fingerprint density at radius 2 is 0.697 bits per heavy atom. The van der Waals surface area contributed by atoms with E-state index in [0.717, 1.165) is 5.30 Å². The maximum atomic E-state index is 14.8. The molecule has 0 atom stereocenters. The molecular formula is C30H23FP2. The largest absolute Gasteiger partial charge is 0.207 e. The fraction of sp³-hybridized carbons (Fsp3) is 0. The molecule has 33 heavy (non-hydrogen) atoms. The highest BCUT2D eigenvalue weighted by Crippen LogP contribution is 2.39. The van der Waals surface area contributed by atoms with E-state index in [4.69, 9.17) is 0 Å². The van der Waals surface area contributed by atoms with Gasteiger partial charge in [0.2, 0.25) is 0 Å². The summed E-state index contributed by atoms with van der Waals surface area (Å²) < 4.78 is 14.8. The molecule has 0 radical (unpaired) electrons. The lowest BCUT2D eigenvalue weighted by Crippen LogP contribution is -2.34. The van der Waals surface area contributed by atoms with Gasteiger partial charge in [0, 0.05) is 0 Å². The Balaban J connectivity index is 1.77. The van der Waals surface area contributed by atoms with Gasteiger partial charge < -0.3 is 0 Å². The van der Waals surface area contributed by atoms with Crippen LogP contribution in [0.5, 0.6) is 0 Å². The van der Waals surface area contributed by atoms with Gasteiger partial charge in [-0.2, -0.15) is 0 Å². The van der Waals surface area contributed by atoms with Gasteiger partial charge in [0.25, 0.3) is 0 Å². The molecule has 0 bridgehead atoms. The van der Waals surface area contributed by atoms with Crippen LogP contribution in [0.25, 0.3) is 0 Å². The van der Waals surface area contributed by atoms with Crippen molar-refractivity contribution in [2.75, 3.05) is 0 Å². The van der Waals surface area contributed by atoms with Crippen LogP contribution in [0.4, 0.5) is 4.39 Å². The van der Waals surface area contributed by atoms with Crippen molar-refractivity contribution in [3.05, 3.63) is 145 Å². The van der Waals surface area contributed by atoms with Crippen LogP contribution in [0, 0.1) is 5.82 Å². The second-order valence-electron chi connectivity index (χ2n) is 7.65. The van der Waals surface area contributed by atoms with Gasteiger partial charge in [-0.15, -0.1) is 0 Å². The van der Waals surface area contributed by atoms with Gasteiger partial charge in [-0.25, -0.2) is 4.39 Å². The van der Waals surface area contributed by atoms with Crippen LogP contribution in [-0.2, 0) is 0 Å². The minimum atomic E-state index is -0.920. The Morgan fingerprint density at radius 3 is 1.06 bits per heavy atom. The molecule has 0 nitrogen and oxygen atoms in total. The van der Waals surface area contributed by atoms with Crippen molar-refractivity contribution in [2.45, 2.75) is 0 Å². The van der Waals surface area contributed by atoms with Crippen molar-refractivity contribution in [1.82, 2.24) is 0 Å². The van der Waals surface area contributed by atoms with E-state index in [1.165, 1.54) is 26.5 Å². The Morgan fingerprint density at radius 1 is 0.364 bits per heavy atom. The second kappa shape index (κ2) is 10.2. The molecule has 160 valence electrons. The summed E-state index contributed by atoms with van der Waals surface area (Å²) in [5.74, 6) is -0.191. The highest BCUT2D eigenvalue weighted by molar-refractivity contribution is 7.85. The maximum Gasteiger partial charge on any atom is 0.123 e. The average molecular weight is 464 g/mol. The predicted molar refractivity (Wildman–Crippen MR) is 144 cm³/mol. The van der Waals surface area contributed by atoms with Gasteiger partial charge in [-0.05, 0) is 59.8 Å². The lowest BCUT2D eigenvalue weighted by Gasteiger charge is -2.27. The normalized spacial score (nSPS) is 11.1. The van der Waals surface area contributed by atoms with Crippen LogP contribution >= 0.6 is 15.8 Å². The minimum Gasteiger partial charge on any atom is -0.207 e. The van der Waals surface area contributed by atoms with Crippen molar-refractivity contribution >= 4 is 47.7 Å². The summed E-state index contributed by atoms with van der Waals surface area (Å²) in [5.41, 5.74) is 0. The molecule has 0 unspecified atom stereocenters. The smallest absolute Gasteiger partial charge is 0.123 e. The molecule has 5 aromatic rings. The topological polar surface area (TPSA) is 0 Å². The summed E-state index contributed by atoms with van der Waals surface area (Å²) in [6, 6.07) is 47.7. The molecular weight excluding hydrogens is 441 g/mol. The third-order valence-electron chi connectivity index (χ3n) is 5.48. The van der Waals surface area contributed by atoms with Gasteiger partial charge in [0.15, 0.2) is 0 Å². The molecule has 0 N–H and O–H groups in total. The second-order valence-corrected chi connectivity index (χ2v) is 12.0. The fourth-order valence-corrected chi connectivity index (χ4v) is 9.29. The van der Waals surface area contributed by atoms with Crippen molar-refractivity contribution in [1.29, 1.82) is 0 Å². The quantitative estimate of drug-likeness (QED) is 0.298. The molecule has 0 spiro atoms. The number of benzene rings is 5. The molecule has 0 saturated heterocycles. The zero-order chi connectivity index (χ0) is 22.5. The Kier molecular flexibility index (Phi) is 6.73. The molecule has 5 aromatic carbocycles. The van der Waals surface area contributed by atoms with Crippen LogP contribution in [0.1, 0.15) is 0 Å². The molecule has 0 aromatic heterocycles. The molecule has 3 heteroatoms. The molecule has 0 heterocycles. The van der Waals surface area contributed by atoms with E-state index in [0.29, 0.717) is 0 Å². The van der Waals surface area contributed by atoms with E-state index in [-0.39, 0.29) is 5.82 Å². The molecule has 0 aliphatic rings. The van der Waals surface area contributed by atoms with Gasteiger partial charge in [0.05, 0.1) is 0 Å². The molecule has 0 aliphatic heterocycles. The predicted octanol–water partition coefficient (Wildman–Crippen LogP) is 5.34. The average Bonchev–Trinajstić information content (AvgIpc) is 2.88. The lowest BCUT2D eigenvalue weighted by molar-refractivity contribution is 0.629. The Hall–Kier alpha value is -3.11. The van der Waals surface area contributed by atoms with Crippen LogP contribution < -0.4 is 31.8 Å². The third-order valence-corrected chi connectivity index (χ3v) is 10.6. The van der Waals surface area contributed by atoms with Crippen LogP contribution in [-0.4, -0.2) is 0 Å². The number of rotatable bonds is 6. The van der Waals surface area contributed by atoms with E-state index in [2.05, 4.69) is 109 Å². The fourth-order valence-electron chi connectivity index (χ4n) is 4.03. The number of hydrogen-bond acceptors (Lipinski definition) is 0. The van der Waals surface area contributed by atoms with E-state index >= 15 is 0 Å². The van der Waals surface area contributed by atoms with E-state index in [9.17, 15) is 4.39 Å². The first-order chi connectivity index (χ1) is 16.3. The lowest BCUT2D eigenvalue weighted by atomic mass is 10.3. The van der Waals surface area contributed by atoms with Gasteiger partial charge in [0.1, 0.15) is 5.82 Å². The first-order valence-corrected chi connectivity index (χ1v) is 13.6. The number of hydrogen-bond donors (Lipinski definition) is 0. The van der Waals surface area contributed by atoms with Crippen molar-refractivity contribution < 1.29 is 4.39 Å². The zero-order valence-corrected chi connectivity index (χ0v) is 19.8. The van der Waals surface area contributed by atoms with Crippen LogP contribution in [0.15, 0.2) is 140 Å². The van der Waals surface area contributed by atoms with Crippen molar-refractivity contribution in [2.24, 2.45) is 0 Å². The first kappa shape index (κ1) is 21.7. The molecule has 0 aliphatic carbocycles. The van der Waals surface area contributed by atoms with Gasteiger partial charge in [-0.1, -0.05) is 127 Å². The summed E-state index contributed by atoms with van der Waals surface area (Å²) in [4.78, 5) is 0. The standard InChI is InChI=1S/C30H23FP2/c31-24-21-22-29(32(25-13-5-1-6-14-25)26-15-7-2-8-16-26)30(23-24)33(27-17-9-3-10-18-27)28-19-11-4-12-20-28/h1-23H. The SMILES string of the molecule is Fc1ccc(P(c2ccccc2)c2ccccc2)c(P(c2ccccc2)c2ccccc2)c1. The van der Waals surface area contributed by atoms with Gasteiger partial charge >= 0.3 is 0 Å². The highest BCUT2D eigenvalue weighted by Gasteiger charge is 2.26. The number of halogens is 1. The summed E-state index contributed by atoms with van der Waals surface area (Å²) in [5, 5.41) is 7.28. The van der Waals surface area contributed by atoms with Crippen molar-refractivity contribution in [3.63, 3.8) is 0 Å². The van der Waals surface area contributed by atoms with Crippen molar-refractivity contribution in [3.8, 4) is 0 Å².